The highest BCUT2D eigenvalue weighted by atomic mass is 19.1. The van der Waals surface area contributed by atoms with Gasteiger partial charge < -0.3 is 20.4 Å². The minimum atomic E-state index is -2.23. The summed E-state index contributed by atoms with van der Waals surface area (Å²) in [4.78, 5) is 22.0. The van der Waals surface area contributed by atoms with Gasteiger partial charge in [-0.1, -0.05) is 0 Å². The van der Waals surface area contributed by atoms with E-state index < -0.39 is 42.7 Å². The molecule has 6 nitrogen and oxygen atoms in total. The molecular formula is C8H13FO6. The topological polar surface area (TPSA) is 115 Å². The second-order valence-electron chi connectivity index (χ2n) is 3.08. The lowest BCUT2D eigenvalue weighted by atomic mass is 10.0. The Morgan fingerprint density at radius 2 is 1.47 bits per heavy atom. The summed E-state index contributed by atoms with van der Waals surface area (Å²) in [6, 6.07) is 0. The highest BCUT2D eigenvalue weighted by Gasteiger charge is 2.34. The first kappa shape index (κ1) is 14.1. The van der Waals surface area contributed by atoms with Gasteiger partial charge in [0, 0.05) is 0 Å². The second kappa shape index (κ2) is 5.86. The smallest absolute Gasteiger partial charge is 0.232 e. The predicted molar refractivity (Wildman–Crippen MR) is 45.7 cm³/mol. The molecule has 0 saturated carbocycles. The first-order valence-electron chi connectivity index (χ1n) is 4.19. The van der Waals surface area contributed by atoms with Gasteiger partial charge in [0.05, 0.1) is 6.10 Å². The summed E-state index contributed by atoms with van der Waals surface area (Å²) >= 11 is 0. The van der Waals surface area contributed by atoms with Gasteiger partial charge in [0.2, 0.25) is 11.6 Å². The zero-order chi connectivity index (χ0) is 12.2. The fourth-order valence-corrected chi connectivity index (χ4v) is 0.770. The third kappa shape index (κ3) is 3.63. The van der Waals surface area contributed by atoms with Crippen LogP contribution in [0.5, 0.6) is 0 Å². The van der Waals surface area contributed by atoms with Crippen molar-refractivity contribution in [3.05, 3.63) is 0 Å². The summed E-state index contributed by atoms with van der Waals surface area (Å²) in [6.07, 6.45) is -7.71. The average molecular weight is 224 g/mol. The van der Waals surface area contributed by atoms with Crippen LogP contribution in [0.1, 0.15) is 6.92 Å². The van der Waals surface area contributed by atoms with Crippen molar-refractivity contribution in [2.24, 2.45) is 0 Å². The normalized spacial score (nSPS) is 19.1. The molecule has 0 bridgehead atoms. The van der Waals surface area contributed by atoms with Crippen LogP contribution in [-0.4, -0.2) is 63.1 Å². The molecule has 0 aliphatic rings. The standard InChI is InChI=1S/C8H13FO6/c1-3(10)5(12)7(14)8(15)6(13)4(11)2-9/h3-6,10-13H,2H2,1H3/t3-,4?,5+,6?/m1/s1. The molecule has 2 unspecified atom stereocenters. The van der Waals surface area contributed by atoms with Gasteiger partial charge in [-0.25, -0.2) is 4.39 Å². The number of halogens is 1. The molecule has 4 atom stereocenters. The van der Waals surface area contributed by atoms with E-state index in [9.17, 15) is 14.0 Å². The van der Waals surface area contributed by atoms with Gasteiger partial charge in [-0.3, -0.25) is 9.59 Å². The molecule has 0 radical (unpaired) electrons. The zero-order valence-corrected chi connectivity index (χ0v) is 8.00. The summed E-state index contributed by atoms with van der Waals surface area (Å²) in [7, 11) is 0. The van der Waals surface area contributed by atoms with E-state index in [0.717, 1.165) is 6.92 Å². The van der Waals surface area contributed by atoms with Gasteiger partial charge in [0.25, 0.3) is 0 Å². The molecule has 0 rings (SSSR count). The van der Waals surface area contributed by atoms with Crippen molar-refractivity contribution in [2.75, 3.05) is 6.67 Å². The second-order valence-corrected chi connectivity index (χ2v) is 3.08. The van der Waals surface area contributed by atoms with Crippen LogP contribution < -0.4 is 0 Å². The minimum Gasteiger partial charge on any atom is -0.390 e. The molecule has 88 valence electrons. The highest BCUT2D eigenvalue weighted by Crippen LogP contribution is 2.02. The van der Waals surface area contributed by atoms with Crippen LogP contribution in [0.4, 0.5) is 4.39 Å². The lowest BCUT2D eigenvalue weighted by Crippen LogP contribution is -2.46. The fourth-order valence-electron chi connectivity index (χ4n) is 0.770. The van der Waals surface area contributed by atoms with Crippen LogP contribution in [0, 0.1) is 0 Å². The molecule has 0 aromatic rings. The Labute approximate surface area is 85.0 Å². The van der Waals surface area contributed by atoms with Gasteiger partial charge in [0.1, 0.15) is 25.0 Å². The molecule has 0 aliphatic carbocycles. The molecule has 4 N–H and O–H groups in total. The first-order chi connectivity index (χ1) is 6.82. The SMILES string of the molecule is C[C@@H](O)[C@H](O)C(=O)C(=O)C(O)C(O)CF. The number of rotatable bonds is 6. The van der Waals surface area contributed by atoms with Crippen molar-refractivity contribution in [2.45, 2.75) is 31.3 Å². The number of aliphatic hydroxyl groups excluding tert-OH is 4. The number of alkyl halides is 1. The number of Topliss-reactive ketones (excluding diaryl/α,β-unsaturated/α-hetero) is 2. The maximum atomic E-state index is 11.8. The summed E-state index contributed by atoms with van der Waals surface area (Å²) < 4.78 is 11.8. The Balaban J connectivity index is 4.51. The van der Waals surface area contributed by atoms with E-state index in [0.29, 0.717) is 0 Å². The fraction of sp³-hybridized carbons (Fsp3) is 0.750. The van der Waals surface area contributed by atoms with Crippen molar-refractivity contribution >= 4 is 11.6 Å². The van der Waals surface area contributed by atoms with E-state index >= 15 is 0 Å². The van der Waals surface area contributed by atoms with Crippen molar-refractivity contribution in [3.63, 3.8) is 0 Å². The monoisotopic (exact) mass is 224 g/mol. The molecular weight excluding hydrogens is 211 g/mol. The van der Waals surface area contributed by atoms with Crippen LogP contribution >= 0.6 is 0 Å². The Morgan fingerprint density at radius 1 is 1.07 bits per heavy atom. The van der Waals surface area contributed by atoms with E-state index in [4.69, 9.17) is 20.4 Å². The van der Waals surface area contributed by atoms with Gasteiger partial charge in [-0.05, 0) is 6.92 Å². The zero-order valence-electron chi connectivity index (χ0n) is 8.00. The predicted octanol–water partition coefficient (Wildman–Crippen LogP) is -2.44. The van der Waals surface area contributed by atoms with E-state index in [1.165, 1.54) is 0 Å². The van der Waals surface area contributed by atoms with E-state index in [1.807, 2.05) is 0 Å². The molecule has 0 aromatic heterocycles. The molecule has 15 heavy (non-hydrogen) atoms. The number of carbonyl (C=O) groups is 2. The van der Waals surface area contributed by atoms with Crippen molar-refractivity contribution < 1.29 is 34.4 Å². The number of carbonyl (C=O) groups excluding carboxylic acids is 2. The number of aliphatic hydroxyl groups is 4. The maximum absolute atomic E-state index is 11.8. The quantitative estimate of drug-likeness (QED) is 0.372. The molecule has 0 heterocycles. The minimum absolute atomic E-state index is 1.06. The van der Waals surface area contributed by atoms with Gasteiger partial charge in [0.15, 0.2) is 0 Å². The van der Waals surface area contributed by atoms with Gasteiger partial charge in [-0.2, -0.15) is 0 Å². The molecule has 0 aliphatic heterocycles. The van der Waals surface area contributed by atoms with Crippen LogP contribution in [0.2, 0.25) is 0 Å². The van der Waals surface area contributed by atoms with Crippen LogP contribution in [0.15, 0.2) is 0 Å². The first-order valence-corrected chi connectivity index (χ1v) is 4.19. The van der Waals surface area contributed by atoms with E-state index in [2.05, 4.69) is 0 Å². The van der Waals surface area contributed by atoms with E-state index in [1.54, 1.807) is 0 Å². The largest absolute Gasteiger partial charge is 0.390 e. The van der Waals surface area contributed by atoms with Crippen molar-refractivity contribution in [1.29, 1.82) is 0 Å². The Kier molecular flexibility index (Phi) is 5.51. The number of ketones is 2. The average Bonchev–Trinajstić information content (AvgIpc) is 2.23. The lowest BCUT2D eigenvalue weighted by Gasteiger charge is -2.16. The van der Waals surface area contributed by atoms with Crippen LogP contribution in [0.3, 0.4) is 0 Å². The molecule has 0 amide bonds. The Bertz CT molecular complexity index is 241. The van der Waals surface area contributed by atoms with Gasteiger partial charge in [-0.15, -0.1) is 0 Å². The third-order valence-corrected chi connectivity index (χ3v) is 1.76. The van der Waals surface area contributed by atoms with Gasteiger partial charge >= 0.3 is 0 Å². The number of hydrogen-bond donors (Lipinski definition) is 4. The summed E-state index contributed by atoms with van der Waals surface area (Å²) in [5.41, 5.74) is 0. The van der Waals surface area contributed by atoms with E-state index in [-0.39, 0.29) is 0 Å². The maximum Gasteiger partial charge on any atom is 0.232 e. The van der Waals surface area contributed by atoms with Crippen molar-refractivity contribution in [1.82, 2.24) is 0 Å². The molecule has 0 saturated heterocycles. The summed E-state index contributed by atoms with van der Waals surface area (Å²) in [6.45, 7) is -0.335. The molecule has 0 aromatic carbocycles. The van der Waals surface area contributed by atoms with Crippen LogP contribution in [-0.2, 0) is 9.59 Å². The summed E-state index contributed by atoms with van der Waals surface area (Å²) in [5.74, 6) is -3.00. The molecule has 7 heteroatoms. The lowest BCUT2D eigenvalue weighted by molar-refractivity contribution is -0.152. The summed E-state index contributed by atoms with van der Waals surface area (Å²) in [5, 5.41) is 35.4. The molecule has 0 spiro atoms. The third-order valence-electron chi connectivity index (χ3n) is 1.76. The Hall–Kier alpha value is -0.890. The Morgan fingerprint density at radius 3 is 1.80 bits per heavy atom. The van der Waals surface area contributed by atoms with Crippen LogP contribution in [0.25, 0.3) is 0 Å². The van der Waals surface area contributed by atoms with Crippen molar-refractivity contribution in [3.8, 4) is 0 Å². The molecule has 0 fully saturated rings. The number of hydrogen-bond acceptors (Lipinski definition) is 6. The highest BCUT2D eigenvalue weighted by molar-refractivity contribution is 6.40.